The van der Waals surface area contributed by atoms with E-state index in [2.05, 4.69) is 25.7 Å². The zero-order chi connectivity index (χ0) is 16.7. The van der Waals surface area contributed by atoms with E-state index in [1.807, 2.05) is 25.1 Å². The first-order valence-corrected chi connectivity index (χ1v) is 7.02. The lowest BCUT2D eigenvalue weighted by Gasteiger charge is -2.14. The molecule has 1 atom stereocenters. The first-order valence-electron chi connectivity index (χ1n) is 7.02. The highest BCUT2D eigenvalue weighted by atomic mass is 16.5. The van der Waals surface area contributed by atoms with Gasteiger partial charge in [0.2, 0.25) is 0 Å². The van der Waals surface area contributed by atoms with Crippen LogP contribution in [0, 0.1) is 0 Å². The van der Waals surface area contributed by atoms with Crippen molar-refractivity contribution in [3.63, 3.8) is 0 Å². The number of hydrogen-bond acceptors (Lipinski definition) is 4. The van der Waals surface area contributed by atoms with Gasteiger partial charge < -0.3 is 15.4 Å². The number of hydrogen-bond donors (Lipinski definition) is 3. The molecule has 1 aromatic carbocycles. The van der Waals surface area contributed by atoms with E-state index >= 15 is 0 Å². The number of carbonyl (C=O) groups is 2. The van der Waals surface area contributed by atoms with Gasteiger partial charge in [0.25, 0.3) is 0 Å². The van der Waals surface area contributed by atoms with Gasteiger partial charge >= 0.3 is 12.1 Å². The zero-order valence-electron chi connectivity index (χ0n) is 12.9. The quantitative estimate of drug-likeness (QED) is 0.808. The van der Waals surface area contributed by atoms with Gasteiger partial charge in [-0.3, -0.25) is 10.3 Å². The van der Waals surface area contributed by atoms with E-state index in [-0.39, 0.29) is 12.1 Å². The summed E-state index contributed by atoms with van der Waals surface area (Å²) in [6.07, 6.45) is 1.10. The fraction of sp³-hybridized carbons (Fsp3) is 0.188. The molecule has 7 nitrogen and oxygen atoms in total. The number of aromatic nitrogens is 1. The molecule has 0 aliphatic rings. The molecule has 7 heteroatoms. The van der Waals surface area contributed by atoms with Crippen LogP contribution in [0.4, 0.5) is 21.0 Å². The second-order valence-electron chi connectivity index (χ2n) is 4.77. The molecule has 0 radical (unpaired) electrons. The fourth-order valence-corrected chi connectivity index (χ4v) is 1.91. The maximum atomic E-state index is 12.0. The van der Waals surface area contributed by atoms with Crippen LogP contribution in [0.15, 0.2) is 48.7 Å². The van der Waals surface area contributed by atoms with E-state index in [0.717, 1.165) is 5.69 Å². The molecule has 3 amide bonds. The van der Waals surface area contributed by atoms with Gasteiger partial charge in [-0.1, -0.05) is 12.1 Å². The maximum absolute atomic E-state index is 12.0. The van der Waals surface area contributed by atoms with Crippen LogP contribution in [0.1, 0.15) is 18.7 Å². The first kappa shape index (κ1) is 16.3. The Morgan fingerprint density at radius 3 is 2.48 bits per heavy atom. The van der Waals surface area contributed by atoms with Crippen molar-refractivity contribution in [2.45, 2.75) is 13.0 Å². The van der Waals surface area contributed by atoms with Crippen LogP contribution >= 0.6 is 0 Å². The Morgan fingerprint density at radius 2 is 1.83 bits per heavy atom. The monoisotopic (exact) mass is 314 g/mol. The average molecular weight is 314 g/mol. The molecule has 3 N–H and O–H groups in total. The lowest BCUT2D eigenvalue weighted by atomic mass is 10.2. The average Bonchev–Trinajstić information content (AvgIpc) is 2.55. The summed E-state index contributed by atoms with van der Waals surface area (Å²) < 4.78 is 4.52. The van der Waals surface area contributed by atoms with Gasteiger partial charge in [0.1, 0.15) is 0 Å². The summed E-state index contributed by atoms with van der Waals surface area (Å²) in [5, 5.41) is 8.02. The number of ether oxygens (including phenoxy) is 1. The van der Waals surface area contributed by atoms with Crippen LogP contribution in [-0.4, -0.2) is 24.2 Å². The summed E-state index contributed by atoms with van der Waals surface area (Å²) in [5.41, 5.74) is 1.83. The minimum absolute atomic E-state index is 0.229. The van der Waals surface area contributed by atoms with Crippen LogP contribution < -0.4 is 16.0 Å². The maximum Gasteiger partial charge on any atom is 0.411 e. The number of carbonyl (C=O) groups excluding carboxylic acids is 2. The van der Waals surface area contributed by atoms with Gasteiger partial charge in [-0.05, 0) is 37.3 Å². The minimum atomic E-state index is -0.574. The highest BCUT2D eigenvalue weighted by Gasteiger charge is 2.10. The third-order valence-electron chi connectivity index (χ3n) is 3.03. The van der Waals surface area contributed by atoms with Gasteiger partial charge in [0.15, 0.2) is 0 Å². The molecule has 0 aliphatic heterocycles. The lowest BCUT2D eigenvalue weighted by molar-refractivity contribution is 0.187. The van der Waals surface area contributed by atoms with E-state index in [0.29, 0.717) is 11.4 Å². The largest absolute Gasteiger partial charge is 0.453 e. The second kappa shape index (κ2) is 7.79. The van der Waals surface area contributed by atoms with Crippen molar-refractivity contribution in [2.24, 2.45) is 0 Å². The molecule has 0 bridgehead atoms. The first-order chi connectivity index (χ1) is 11.1. The number of amides is 3. The molecule has 23 heavy (non-hydrogen) atoms. The van der Waals surface area contributed by atoms with Crippen molar-refractivity contribution in [1.29, 1.82) is 0 Å². The summed E-state index contributed by atoms with van der Waals surface area (Å²) in [6.45, 7) is 1.84. The number of nitrogens with one attached hydrogen (secondary N) is 3. The molecule has 120 valence electrons. The molecular weight excluding hydrogens is 296 g/mol. The Balaban J connectivity index is 1.95. The Hall–Kier alpha value is -3.09. The Kier molecular flexibility index (Phi) is 5.51. The Bertz CT molecular complexity index is 676. The van der Waals surface area contributed by atoms with Gasteiger partial charge in [0, 0.05) is 17.6 Å². The molecule has 0 aliphatic carbocycles. The van der Waals surface area contributed by atoms with Crippen molar-refractivity contribution < 1.29 is 14.3 Å². The van der Waals surface area contributed by atoms with Crippen LogP contribution in [-0.2, 0) is 4.74 Å². The highest BCUT2D eigenvalue weighted by molar-refractivity contribution is 5.91. The topological polar surface area (TPSA) is 92.4 Å². The summed E-state index contributed by atoms with van der Waals surface area (Å²) in [5.74, 6) is 0. The molecular formula is C16H18N4O3. The molecule has 2 rings (SSSR count). The molecule has 0 fully saturated rings. The Morgan fingerprint density at radius 1 is 1.09 bits per heavy atom. The van der Waals surface area contributed by atoms with E-state index in [1.165, 1.54) is 7.11 Å². The highest BCUT2D eigenvalue weighted by Crippen LogP contribution is 2.16. The predicted molar refractivity (Wildman–Crippen MR) is 87.3 cm³/mol. The van der Waals surface area contributed by atoms with E-state index in [9.17, 15) is 9.59 Å². The third kappa shape index (κ3) is 4.99. The normalized spacial score (nSPS) is 11.2. The Labute approximate surface area is 134 Å². The summed E-state index contributed by atoms with van der Waals surface area (Å²) in [7, 11) is 1.28. The van der Waals surface area contributed by atoms with Crippen LogP contribution in [0.3, 0.4) is 0 Å². The molecule has 1 aromatic heterocycles. The van der Waals surface area contributed by atoms with Gasteiger partial charge in [-0.15, -0.1) is 0 Å². The van der Waals surface area contributed by atoms with Crippen LogP contribution in [0.5, 0.6) is 0 Å². The van der Waals surface area contributed by atoms with E-state index in [4.69, 9.17) is 0 Å². The number of pyridine rings is 1. The van der Waals surface area contributed by atoms with E-state index < -0.39 is 6.09 Å². The SMILES string of the molecule is COC(=O)Nc1cccc(NC(=O)N[C@H](C)c2ccccn2)c1. The number of methoxy groups -OCH3 is 1. The van der Waals surface area contributed by atoms with Crippen LogP contribution in [0.25, 0.3) is 0 Å². The summed E-state index contributed by atoms with van der Waals surface area (Å²) in [6, 6.07) is 11.7. The molecule has 2 aromatic rings. The van der Waals surface area contributed by atoms with Gasteiger partial charge in [0.05, 0.1) is 18.8 Å². The second-order valence-corrected chi connectivity index (χ2v) is 4.77. The zero-order valence-corrected chi connectivity index (χ0v) is 12.9. The van der Waals surface area contributed by atoms with Crippen LogP contribution in [0.2, 0.25) is 0 Å². The van der Waals surface area contributed by atoms with Gasteiger partial charge in [-0.25, -0.2) is 9.59 Å². The molecule has 0 unspecified atom stereocenters. The van der Waals surface area contributed by atoms with Crippen molar-refractivity contribution in [3.8, 4) is 0 Å². The number of rotatable bonds is 4. The molecule has 0 spiro atoms. The number of urea groups is 1. The van der Waals surface area contributed by atoms with Crippen molar-refractivity contribution in [1.82, 2.24) is 10.3 Å². The fourth-order valence-electron chi connectivity index (χ4n) is 1.91. The van der Waals surface area contributed by atoms with Gasteiger partial charge in [-0.2, -0.15) is 0 Å². The van der Waals surface area contributed by atoms with Crippen molar-refractivity contribution in [2.75, 3.05) is 17.7 Å². The predicted octanol–water partition coefficient (Wildman–Crippen LogP) is 3.14. The number of anilines is 2. The third-order valence-corrected chi connectivity index (χ3v) is 3.03. The van der Waals surface area contributed by atoms with Crippen molar-refractivity contribution in [3.05, 3.63) is 54.4 Å². The number of nitrogens with zero attached hydrogens (tertiary/aromatic N) is 1. The minimum Gasteiger partial charge on any atom is -0.453 e. The standard InChI is InChI=1S/C16H18N4O3/c1-11(14-8-3-4-9-17-14)18-15(21)19-12-6-5-7-13(10-12)20-16(22)23-2/h3-11H,1-2H3,(H,20,22)(H2,18,19,21)/t11-/m1/s1. The molecule has 0 saturated heterocycles. The smallest absolute Gasteiger partial charge is 0.411 e. The molecule has 1 heterocycles. The van der Waals surface area contributed by atoms with Crippen molar-refractivity contribution >= 4 is 23.5 Å². The summed E-state index contributed by atoms with van der Waals surface area (Å²) in [4.78, 5) is 27.4. The summed E-state index contributed by atoms with van der Waals surface area (Å²) >= 11 is 0. The molecule has 0 saturated carbocycles. The lowest BCUT2D eigenvalue weighted by Crippen LogP contribution is -2.31. The van der Waals surface area contributed by atoms with E-state index in [1.54, 1.807) is 30.5 Å². The number of benzene rings is 1.